The fourth-order valence-electron chi connectivity index (χ4n) is 1.96. The standard InChI is InChI=1S/C18H12O3/c1-20-16-9-5-13(6-10-16)2-3-14-4-7-15-8-11-18(19)21-17(15)12-14/h4-12H,1H3. The molecule has 1 heterocycles. The van der Waals surface area contributed by atoms with Crippen molar-refractivity contribution in [1.29, 1.82) is 0 Å². The fourth-order valence-corrected chi connectivity index (χ4v) is 1.96. The average Bonchev–Trinajstić information content (AvgIpc) is 2.53. The minimum Gasteiger partial charge on any atom is -0.497 e. The molecule has 0 fully saturated rings. The molecule has 0 spiro atoms. The van der Waals surface area contributed by atoms with Crippen LogP contribution in [0.1, 0.15) is 11.1 Å². The van der Waals surface area contributed by atoms with E-state index in [9.17, 15) is 4.79 Å². The summed E-state index contributed by atoms with van der Waals surface area (Å²) in [6.07, 6.45) is 0. The van der Waals surface area contributed by atoms with Crippen molar-refractivity contribution >= 4 is 11.0 Å². The van der Waals surface area contributed by atoms with Gasteiger partial charge >= 0.3 is 5.63 Å². The molecular weight excluding hydrogens is 264 g/mol. The van der Waals surface area contributed by atoms with E-state index >= 15 is 0 Å². The van der Waals surface area contributed by atoms with Gasteiger partial charge in [-0.25, -0.2) is 4.79 Å². The number of hydrogen-bond donors (Lipinski definition) is 0. The lowest BCUT2D eigenvalue weighted by molar-refractivity contribution is 0.415. The van der Waals surface area contributed by atoms with Gasteiger partial charge in [0.05, 0.1) is 7.11 Å². The predicted molar refractivity (Wildman–Crippen MR) is 81.5 cm³/mol. The van der Waals surface area contributed by atoms with Crippen molar-refractivity contribution in [2.24, 2.45) is 0 Å². The van der Waals surface area contributed by atoms with Crippen LogP contribution in [0.3, 0.4) is 0 Å². The highest BCUT2D eigenvalue weighted by atomic mass is 16.5. The smallest absolute Gasteiger partial charge is 0.336 e. The van der Waals surface area contributed by atoms with Crippen LogP contribution in [-0.2, 0) is 0 Å². The highest BCUT2D eigenvalue weighted by Crippen LogP contribution is 2.14. The van der Waals surface area contributed by atoms with Crippen molar-refractivity contribution in [3.05, 3.63) is 76.1 Å². The maximum absolute atomic E-state index is 11.2. The van der Waals surface area contributed by atoms with E-state index in [1.54, 1.807) is 19.2 Å². The van der Waals surface area contributed by atoms with Crippen molar-refractivity contribution in [1.82, 2.24) is 0 Å². The molecule has 3 heteroatoms. The minimum atomic E-state index is -0.359. The van der Waals surface area contributed by atoms with Crippen LogP contribution in [0.5, 0.6) is 5.75 Å². The molecule has 0 aliphatic rings. The SMILES string of the molecule is COc1ccc(C#Cc2ccc3ccc(=O)oc3c2)cc1. The van der Waals surface area contributed by atoms with Gasteiger partial charge in [0.25, 0.3) is 0 Å². The molecule has 0 saturated heterocycles. The molecule has 2 aromatic carbocycles. The molecule has 0 radical (unpaired) electrons. The fraction of sp³-hybridized carbons (Fsp3) is 0.0556. The molecule has 3 aromatic rings. The van der Waals surface area contributed by atoms with Crippen LogP contribution in [0.2, 0.25) is 0 Å². The van der Waals surface area contributed by atoms with Crippen molar-refractivity contribution in [2.75, 3.05) is 7.11 Å². The molecule has 0 aliphatic heterocycles. The van der Waals surface area contributed by atoms with Gasteiger partial charge in [0, 0.05) is 22.6 Å². The first-order chi connectivity index (χ1) is 10.2. The summed E-state index contributed by atoms with van der Waals surface area (Å²) >= 11 is 0. The number of ether oxygens (including phenoxy) is 1. The summed E-state index contributed by atoms with van der Waals surface area (Å²) in [4.78, 5) is 11.2. The highest BCUT2D eigenvalue weighted by Gasteiger charge is 1.97. The number of methoxy groups -OCH3 is 1. The third-order valence-corrected chi connectivity index (χ3v) is 3.06. The van der Waals surface area contributed by atoms with Crippen molar-refractivity contribution in [3.8, 4) is 17.6 Å². The second kappa shape index (κ2) is 5.56. The molecule has 3 rings (SSSR count). The number of rotatable bonds is 1. The molecule has 0 N–H and O–H groups in total. The lowest BCUT2D eigenvalue weighted by atomic mass is 10.1. The first-order valence-corrected chi connectivity index (χ1v) is 6.44. The van der Waals surface area contributed by atoms with E-state index in [1.807, 2.05) is 36.4 Å². The Hall–Kier alpha value is -2.99. The Bertz CT molecular complexity index is 893. The van der Waals surface area contributed by atoms with E-state index in [0.29, 0.717) is 5.58 Å². The predicted octanol–water partition coefficient (Wildman–Crippen LogP) is 3.20. The molecule has 1 aromatic heterocycles. The van der Waals surface area contributed by atoms with Gasteiger partial charge in [0.2, 0.25) is 0 Å². The summed E-state index contributed by atoms with van der Waals surface area (Å²) in [5, 5.41) is 0.879. The number of benzene rings is 2. The molecule has 102 valence electrons. The van der Waals surface area contributed by atoms with Gasteiger partial charge in [-0.15, -0.1) is 0 Å². The molecule has 0 amide bonds. The van der Waals surface area contributed by atoms with Crippen LogP contribution >= 0.6 is 0 Å². The Morgan fingerprint density at radius 3 is 2.33 bits per heavy atom. The lowest BCUT2D eigenvalue weighted by Crippen LogP contribution is -1.94. The third-order valence-electron chi connectivity index (χ3n) is 3.06. The molecule has 0 atom stereocenters. The van der Waals surface area contributed by atoms with Crippen molar-refractivity contribution in [3.63, 3.8) is 0 Å². The average molecular weight is 276 g/mol. The van der Waals surface area contributed by atoms with Crippen LogP contribution in [-0.4, -0.2) is 7.11 Å². The highest BCUT2D eigenvalue weighted by molar-refractivity contribution is 5.77. The summed E-state index contributed by atoms with van der Waals surface area (Å²) in [6.45, 7) is 0. The Kier molecular flexibility index (Phi) is 3.44. The maximum Gasteiger partial charge on any atom is 0.336 e. The first kappa shape index (κ1) is 13.0. The van der Waals surface area contributed by atoms with Gasteiger partial charge in [-0.3, -0.25) is 0 Å². The van der Waals surface area contributed by atoms with E-state index in [2.05, 4.69) is 11.8 Å². The first-order valence-electron chi connectivity index (χ1n) is 6.44. The van der Waals surface area contributed by atoms with E-state index in [-0.39, 0.29) is 5.63 Å². The van der Waals surface area contributed by atoms with Gasteiger partial charge < -0.3 is 9.15 Å². The van der Waals surface area contributed by atoms with Gasteiger partial charge in [0.15, 0.2) is 0 Å². The quantitative estimate of drug-likeness (QED) is 0.506. The molecule has 0 bridgehead atoms. The molecule has 21 heavy (non-hydrogen) atoms. The van der Waals surface area contributed by atoms with Gasteiger partial charge in [0.1, 0.15) is 11.3 Å². The topological polar surface area (TPSA) is 39.4 Å². The second-order valence-electron chi connectivity index (χ2n) is 4.49. The molecule has 0 unspecified atom stereocenters. The summed E-state index contributed by atoms with van der Waals surface area (Å²) in [7, 11) is 1.63. The van der Waals surface area contributed by atoms with Crippen LogP contribution in [0.4, 0.5) is 0 Å². The summed E-state index contributed by atoms with van der Waals surface area (Å²) in [6, 6.07) is 16.2. The monoisotopic (exact) mass is 276 g/mol. The van der Waals surface area contributed by atoms with E-state index in [4.69, 9.17) is 9.15 Å². The van der Waals surface area contributed by atoms with Gasteiger partial charge in [-0.05, 0) is 48.5 Å². The Labute approximate surface area is 121 Å². The Morgan fingerprint density at radius 2 is 1.57 bits per heavy atom. The number of fused-ring (bicyclic) bond motifs is 1. The minimum absolute atomic E-state index is 0.359. The van der Waals surface area contributed by atoms with Crippen LogP contribution in [0.15, 0.2) is 63.8 Å². The Balaban J connectivity index is 1.94. The van der Waals surface area contributed by atoms with E-state index in [0.717, 1.165) is 22.3 Å². The largest absolute Gasteiger partial charge is 0.497 e. The van der Waals surface area contributed by atoms with Crippen LogP contribution < -0.4 is 10.4 Å². The van der Waals surface area contributed by atoms with Crippen LogP contribution in [0, 0.1) is 11.8 Å². The molecule has 0 saturated carbocycles. The van der Waals surface area contributed by atoms with Gasteiger partial charge in [-0.2, -0.15) is 0 Å². The summed E-state index contributed by atoms with van der Waals surface area (Å²) in [5.41, 5.74) is 1.88. The third kappa shape index (κ3) is 2.96. The molecule has 0 aliphatic carbocycles. The number of hydrogen-bond acceptors (Lipinski definition) is 3. The van der Waals surface area contributed by atoms with Gasteiger partial charge in [-0.1, -0.05) is 11.8 Å². The van der Waals surface area contributed by atoms with E-state index < -0.39 is 0 Å². The Morgan fingerprint density at radius 1 is 0.905 bits per heavy atom. The zero-order valence-electron chi connectivity index (χ0n) is 11.4. The normalized spacial score (nSPS) is 9.95. The molecule has 3 nitrogen and oxygen atoms in total. The van der Waals surface area contributed by atoms with Crippen molar-refractivity contribution < 1.29 is 9.15 Å². The zero-order valence-corrected chi connectivity index (χ0v) is 11.4. The zero-order chi connectivity index (χ0) is 14.7. The maximum atomic E-state index is 11.2. The second-order valence-corrected chi connectivity index (χ2v) is 4.49. The van der Waals surface area contributed by atoms with E-state index in [1.165, 1.54) is 6.07 Å². The summed E-state index contributed by atoms with van der Waals surface area (Å²) in [5.74, 6) is 6.92. The van der Waals surface area contributed by atoms with Crippen LogP contribution in [0.25, 0.3) is 11.0 Å². The lowest BCUT2D eigenvalue weighted by Gasteiger charge is -1.98. The molecular formula is C18H12O3. The summed E-state index contributed by atoms with van der Waals surface area (Å²) < 4.78 is 10.2. The van der Waals surface area contributed by atoms with Crippen molar-refractivity contribution in [2.45, 2.75) is 0 Å².